The lowest BCUT2D eigenvalue weighted by Gasteiger charge is -2.10. The van der Waals surface area contributed by atoms with E-state index in [0.29, 0.717) is 10.4 Å². The SMILES string of the molecule is CN1C(=O)CC(n2c(=S)[nH]c3cc(Br)cnc32)C1=O. The van der Waals surface area contributed by atoms with Crippen molar-refractivity contribution in [1.29, 1.82) is 0 Å². The van der Waals surface area contributed by atoms with E-state index < -0.39 is 6.04 Å². The Kier molecular flexibility index (Phi) is 2.79. The maximum atomic E-state index is 12.1. The zero-order valence-corrected chi connectivity index (χ0v) is 12.3. The van der Waals surface area contributed by atoms with Gasteiger partial charge in [-0.15, -0.1) is 0 Å². The van der Waals surface area contributed by atoms with Crippen molar-refractivity contribution in [3.63, 3.8) is 0 Å². The van der Waals surface area contributed by atoms with Crippen molar-refractivity contribution < 1.29 is 9.59 Å². The predicted octanol–water partition coefficient (Wildman–Crippen LogP) is 1.79. The Hall–Kier alpha value is -1.54. The van der Waals surface area contributed by atoms with Gasteiger partial charge in [0.25, 0.3) is 5.91 Å². The Morgan fingerprint density at radius 3 is 2.89 bits per heavy atom. The summed E-state index contributed by atoms with van der Waals surface area (Å²) in [6, 6.07) is 1.23. The summed E-state index contributed by atoms with van der Waals surface area (Å²) in [5.74, 6) is -0.463. The monoisotopic (exact) mass is 340 g/mol. The molecule has 2 aromatic rings. The first kappa shape index (κ1) is 12.5. The number of carbonyl (C=O) groups is 2. The van der Waals surface area contributed by atoms with Gasteiger partial charge in [-0.25, -0.2) is 4.98 Å². The number of carbonyl (C=O) groups excluding carboxylic acids is 2. The van der Waals surface area contributed by atoms with Gasteiger partial charge in [-0.05, 0) is 34.2 Å². The maximum Gasteiger partial charge on any atom is 0.252 e. The molecule has 1 saturated heterocycles. The summed E-state index contributed by atoms with van der Waals surface area (Å²) in [5, 5.41) is 0. The molecule has 1 aliphatic rings. The van der Waals surface area contributed by atoms with Gasteiger partial charge in [0.15, 0.2) is 10.4 Å². The Morgan fingerprint density at radius 1 is 1.53 bits per heavy atom. The van der Waals surface area contributed by atoms with E-state index in [4.69, 9.17) is 12.2 Å². The second-order valence-electron chi connectivity index (χ2n) is 4.34. The van der Waals surface area contributed by atoms with E-state index in [1.807, 2.05) is 6.07 Å². The van der Waals surface area contributed by atoms with Crippen molar-refractivity contribution in [2.24, 2.45) is 0 Å². The van der Waals surface area contributed by atoms with Crippen molar-refractivity contribution in [3.8, 4) is 0 Å². The smallest absolute Gasteiger partial charge is 0.252 e. The van der Waals surface area contributed by atoms with Crippen LogP contribution in [0.15, 0.2) is 16.7 Å². The lowest BCUT2D eigenvalue weighted by atomic mass is 10.2. The number of aromatic amines is 1. The zero-order chi connectivity index (χ0) is 13.7. The third-order valence-corrected chi connectivity index (χ3v) is 3.92. The number of hydrogen-bond acceptors (Lipinski definition) is 4. The molecule has 19 heavy (non-hydrogen) atoms. The minimum Gasteiger partial charge on any atom is -0.329 e. The molecule has 0 radical (unpaired) electrons. The molecule has 1 atom stereocenters. The van der Waals surface area contributed by atoms with Gasteiger partial charge in [0.1, 0.15) is 6.04 Å². The standard InChI is InChI=1S/C11H9BrN4O2S/c1-15-8(17)3-7(10(15)18)16-9-6(14-11(16)19)2-5(12)4-13-9/h2,4,7H,3H2,1H3,(H,14,19). The van der Waals surface area contributed by atoms with Crippen LogP contribution in [0.1, 0.15) is 12.5 Å². The zero-order valence-electron chi connectivity index (χ0n) is 9.88. The predicted molar refractivity (Wildman–Crippen MR) is 74.0 cm³/mol. The van der Waals surface area contributed by atoms with Crippen LogP contribution in [0.3, 0.4) is 0 Å². The second kappa shape index (κ2) is 4.24. The summed E-state index contributed by atoms with van der Waals surface area (Å²) in [6.07, 6.45) is 1.75. The highest BCUT2D eigenvalue weighted by Gasteiger charge is 2.38. The molecule has 1 N–H and O–H groups in total. The quantitative estimate of drug-likeness (QED) is 0.634. The highest BCUT2D eigenvalue weighted by Crippen LogP contribution is 2.27. The lowest BCUT2D eigenvalue weighted by molar-refractivity contribution is -0.137. The van der Waals surface area contributed by atoms with Gasteiger partial charge in [-0.3, -0.25) is 19.1 Å². The highest BCUT2D eigenvalue weighted by atomic mass is 79.9. The number of imide groups is 1. The van der Waals surface area contributed by atoms with Crippen LogP contribution in [0.25, 0.3) is 11.2 Å². The van der Waals surface area contributed by atoms with Gasteiger partial charge < -0.3 is 4.98 Å². The molecule has 3 heterocycles. The first-order valence-corrected chi connectivity index (χ1v) is 6.75. The number of likely N-dealkylation sites (N-methyl/N-ethyl adjacent to an activating group) is 1. The number of amides is 2. The fourth-order valence-electron chi connectivity index (χ4n) is 2.21. The largest absolute Gasteiger partial charge is 0.329 e. The van der Waals surface area contributed by atoms with Crippen molar-refractivity contribution in [3.05, 3.63) is 21.5 Å². The molecule has 0 aromatic carbocycles. The summed E-state index contributed by atoms with van der Waals surface area (Å²) in [7, 11) is 1.48. The molecule has 2 amide bonds. The number of rotatable bonds is 1. The van der Waals surface area contributed by atoms with Crippen LogP contribution in [-0.4, -0.2) is 38.3 Å². The Morgan fingerprint density at radius 2 is 2.26 bits per heavy atom. The van der Waals surface area contributed by atoms with Gasteiger partial charge in [0.2, 0.25) is 5.91 Å². The third-order valence-electron chi connectivity index (χ3n) is 3.19. The number of halogens is 1. The van der Waals surface area contributed by atoms with Crippen LogP contribution in [0, 0.1) is 4.77 Å². The minimum absolute atomic E-state index is 0.119. The van der Waals surface area contributed by atoms with E-state index in [-0.39, 0.29) is 18.2 Å². The van der Waals surface area contributed by atoms with E-state index >= 15 is 0 Å². The van der Waals surface area contributed by atoms with Gasteiger partial charge in [-0.2, -0.15) is 0 Å². The molecule has 1 aliphatic heterocycles. The Bertz CT molecular complexity index is 766. The number of fused-ring (bicyclic) bond motifs is 1. The molecule has 1 fully saturated rings. The molecular formula is C11H9BrN4O2S. The first-order chi connectivity index (χ1) is 8.99. The summed E-state index contributed by atoms with van der Waals surface area (Å²) in [4.78, 5) is 32.1. The number of H-pyrrole nitrogens is 1. The molecule has 6 nitrogen and oxygen atoms in total. The van der Waals surface area contributed by atoms with Crippen LogP contribution < -0.4 is 0 Å². The molecule has 98 valence electrons. The molecular weight excluding hydrogens is 332 g/mol. The van der Waals surface area contributed by atoms with Gasteiger partial charge >= 0.3 is 0 Å². The third kappa shape index (κ3) is 1.82. The number of pyridine rings is 1. The van der Waals surface area contributed by atoms with Crippen LogP contribution >= 0.6 is 28.1 Å². The van der Waals surface area contributed by atoms with Crippen LogP contribution in [0.4, 0.5) is 0 Å². The fraction of sp³-hybridized carbons (Fsp3) is 0.273. The topological polar surface area (TPSA) is 71.0 Å². The number of imidazole rings is 1. The molecule has 0 aliphatic carbocycles. The Balaban J connectivity index is 2.21. The molecule has 0 saturated carbocycles. The van der Waals surface area contributed by atoms with Crippen molar-refractivity contribution in [1.82, 2.24) is 19.4 Å². The van der Waals surface area contributed by atoms with Gasteiger partial charge in [0.05, 0.1) is 11.9 Å². The number of likely N-dealkylation sites (tertiary alicyclic amines) is 1. The van der Waals surface area contributed by atoms with E-state index in [1.165, 1.54) is 7.05 Å². The molecule has 2 aromatic heterocycles. The van der Waals surface area contributed by atoms with Crippen LogP contribution in [0.5, 0.6) is 0 Å². The molecule has 8 heteroatoms. The summed E-state index contributed by atoms with van der Waals surface area (Å²) >= 11 is 8.56. The molecule has 0 spiro atoms. The summed E-state index contributed by atoms with van der Waals surface area (Å²) < 4.78 is 2.82. The van der Waals surface area contributed by atoms with E-state index in [2.05, 4.69) is 25.9 Å². The molecule has 0 bridgehead atoms. The lowest BCUT2D eigenvalue weighted by Crippen LogP contribution is -2.27. The number of nitrogens with zero attached hydrogens (tertiary/aromatic N) is 3. The van der Waals surface area contributed by atoms with E-state index in [0.717, 1.165) is 14.9 Å². The minimum atomic E-state index is -0.604. The number of aromatic nitrogens is 3. The van der Waals surface area contributed by atoms with Gasteiger partial charge in [0, 0.05) is 17.7 Å². The van der Waals surface area contributed by atoms with Crippen molar-refractivity contribution >= 4 is 51.1 Å². The second-order valence-corrected chi connectivity index (χ2v) is 5.64. The van der Waals surface area contributed by atoms with E-state index in [1.54, 1.807) is 10.8 Å². The molecule has 1 unspecified atom stereocenters. The van der Waals surface area contributed by atoms with Gasteiger partial charge in [-0.1, -0.05) is 0 Å². The maximum absolute atomic E-state index is 12.1. The van der Waals surface area contributed by atoms with E-state index in [9.17, 15) is 9.59 Å². The molecule has 3 rings (SSSR count). The van der Waals surface area contributed by atoms with Crippen LogP contribution in [0.2, 0.25) is 0 Å². The average Bonchev–Trinajstić information content (AvgIpc) is 2.80. The number of hydrogen-bond donors (Lipinski definition) is 1. The fourth-order valence-corrected chi connectivity index (χ4v) is 2.87. The van der Waals surface area contributed by atoms with Crippen molar-refractivity contribution in [2.75, 3.05) is 7.05 Å². The van der Waals surface area contributed by atoms with Crippen LogP contribution in [-0.2, 0) is 9.59 Å². The summed E-state index contributed by atoms with van der Waals surface area (Å²) in [5.41, 5.74) is 1.31. The van der Waals surface area contributed by atoms with Crippen molar-refractivity contribution in [2.45, 2.75) is 12.5 Å². The normalized spacial score (nSPS) is 19.7. The Labute approximate surface area is 121 Å². The highest BCUT2D eigenvalue weighted by molar-refractivity contribution is 9.10. The number of nitrogens with one attached hydrogen (secondary N) is 1. The summed E-state index contributed by atoms with van der Waals surface area (Å²) in [6.45, 7) is 0. The average molecular weight is 341 g/mol. The first-order valence-electron chi connectivity index (χ1n) is 5.55.